The molecule has 31 heavy (non-hydrogen) atoms. The van der Waals surface area contributed by atoms with Gasteiger partial charge in [0.05, 0.1) is 12.1 Å². The Morgan fingerprint density at radius 3 is 2.61 bits per heavy atom. The number of aromatic hydroxyl groups is 1. The van der Waals surface area contributed by atoms with Crippen molar-refractivity contribution in [2.45, 2.75) is 26.8 Å². The van der Waals surface area contributed by atoms with Crippen molar-refractivity contribution < 1.29 is 5.11 Å². The van der Waals surface area contributed by atoms with Crippen LogP contribution in [-0.2, 0) is 13.0 Å². The van der Waals surface area contributed by atoms with Crippen LogP contribution in [0.25, 0.3) is 10.9 Å². The van der Waals surface area contributed by atoms with E-state index in [0.29, 0.717) is 12.2 Å². The van der Waals surface area contributed by atoms with Crippen LogP contribution in [0.2, 0.25) is 0 Å². The molecule has 0 bridgehead atoms. The van der Waals surface area contributed by atoms with Crippen LogP contribution in [0.1, 0.15) is 23.6 Å². The molecule has 0 radical (unpaired) electrons. The highest BCUT2D eigenvalue weighted by molar-refractivity contribution is 7.80. The summed E-state index contributed by atoms with van der Waals surface area (Å²) in [5.74, 6) is 0.0724. The van der Waals surface area contributed by atoms with Crippen LogP contribution in [0.4, 0.5) is 11.4 Å². The number of nitrogens with zero attached hydrogens (tertiary/aromatic N) is 3. The molecule has 4 aromatic rings. The van der Waals surface area contributed by atoms with E-state index in [1.54, 1.807) is 0 Å². The van der Waals surface area contributed by atoms with Gasteiger partial charge < -0.3 is 15.0 Å². The van der Waals surface area contributed by atoms with E-state index in [9.17, 15) is 5.11 Å². The maximum Gasteiger partial charge on any atom is 0.221 e. The van der Waals surface area contributed by atoms with Gasteiger partial charge in [0.25, 0.3) is 0 Å². The van der Waals surface area contributed by atoms with Crippen molar-refractivity contribution in [1.29, 1.82) is 0 Å². The van der Waals surface area contributed by atoms with Crippen LogP contribution in [0.5, 0.6) is 5.88 Å². The number of para-hydroxylation sites is 2. The van der Waals surface area contributed by atoms with Crippen molar-refractivity contribution in [2.24, 2.45) is 10.2 Å². The second kappa shape index (κ2) is 9.10. The molecule has 0 aliphatic carbocycles. The molecular weight excluding hydrogens is 404 g/mol. The molecular formula is C25H24N4OS. The molecule has 5 nitrogen and oxygen atoms in total. The smallest absolute Gasteiger partial charge is 0.221 e. The van der Waals surface area contributed by atoms with E-state index in [-0.39, 0.29) is 11.0 Å². The van der Waals surface area contributed by atoms with Gasteiger partial charge in [-0.1, -0.05) is 73.2 Å². The normalized spacial score (nSPS) is 11.3. The first-order valence-corrected chi connectivity index (χ1v) is 10.6. The van der Waals surface area contributed by atoms with E-state index in [1.807, 2.05) is 65.2 Å². The van der Waals surface area contributed by atoms with Crippen molar-refractivity contribution >= 4 is 39.6 Å². The second-order valence-corrected chi connectivity index (χ2v) is 7.79. The fourth-order valence-electron chi connectivity index (χ4n) is 3.71. The van der Waals surface area contributed by atoms with Crippen molar-refractivity contribution in [3.05, 3.63) is 89.5 Å². The minimum Gasteiger partial charge on any atom is -0.493 e. The highest BCUT2D eigenvalue weighted by Gasteiger charge is 2.17. The summed E-state index contributed by atoms with van der Waals surface area (Å²) in [7, 11) is 0. The van der Waals surface area contributed by atoms with E-state index in [1.165, 1.54) is 5.56 Å². The molecule has 0 spiro atoms. The van der Waals surface area contributed by atoms with E-state index in [2.05, 4.69) is 41.5 Å². The summed E-state index contributed by atoms with van der Waals surface area (Å²) in [5.41, 5.74) is 5.66. The zero-order valence-electron chi connectivity index (χ0n) is 17.5. The lowest BCUT2D eigenvalue weighted by atomic mass is 10.1. The number of thiocarbonyl (C=S) groups is 1. The van der Waals surface area contributed by atoms with Gasteiger partial charge in [0.1, 0.15) is 0 Å². The first kappa shape index (κ1) is 20.8. The number of fused-ring (bicyclic) bond motifs is 1. The van der Waals surface area contributed by atoms with Crippen molar-refractivity contribution in [1.82, 2.24) is 4.57 Å². The van der Waals surface area contributed by atoms with Gasteiger partial charge in [-0.2, -0.15) is 0 Å². The van der Waals surface area contributed by atoms with Crippen LogP contribution < -0.4 is 5.32 Å². The zero-order chi connectivity index (χ0) is 21.8. The SMILES string of the molecule is CCc1ccccc1NC(=S)N=Nc1c(O)n(Cc2cccc(C)c2)c2ccccc12. The molecule has 0 atom stereocenters. The van der Waals surface area contributed by atoms with Crippen LogP contribution in [-0.4, -0.2) is 14.8 Å². The maximum absolute atomic E-state index is 11.0. The quantitative estimate of drug-likeness (QED) is 0.273. The summed E-state index contributed by atoms with van der Waals surface area (Å²) in [5, 5.41) is 23.7. The van der Waals surface area contributed by atoms with E-state index >= 15 is 0 Å². The summed E-state index contributed by atoms with van der Waals surface area (Å²) < 4.78 is 1.85. The molecule has 2 N–H and O–H groups in total. The molecule has 0 aliphatic heterocycles. The molecule has 1 heterocycles. The lowest BCUT2D eigenvalue weighted by molar-refractivity contribution is 0.429. The fourth-order valence-corrected chi connectivity index (χ4v) is 3.86. The van der Waals surface area contributed by atoms with Gasteiger partial charge in [0.15, 0.2) is 5.69 Å². The summed E-state index contributed by atoms with van der Waals surface area (Å²) >= 11 is 5.37. The topological polar surface area (TPSA) is 61.9 Å². The van der Waals surface area contributed by atoms with Gasteiger partial charge in [-0.15, -0.1) is 10.2 Å². The van der Waals surface area contributed by atoms with Crippen LogP contribution in [0.3, 0.4) is 0 Å². The van der Waals surface area contributed by atoms with Crippen LogP contribution in [0, 0.1) is 6.92 Å². The molecule has 3 aromatic carbocycles. The Kier molecular flexibility index (Phi) is 6.09. The Balaban J connectivity index is 1.65. The van der Waals surface area contributed by atoms with E-state index < -0.39 is 0 Å². The monoisotopic (exact) mass is 428 g/mol. The third kappa shape index (κ3) is 4.49. The first-order valence-electron chi connectivity index (χ1n) is 10.2. The minimum absolute atomic E-state index is 0.0724. The Hall–Kier alpha value is -3.51. The van der Waals surface area contributed by atoms with E-state index in [0.717, 1.165) is 34.1 Å². The number of rotatable bonds is 5. The average molecular weight is 429 g/mol. The summed E-state index contributed by atoms with van der Waals surface area (Å²) in [6, 6.07) is 24.0. The van der Waals surface area contributed by atoms with Gasteiger partial charge in [0.2, 0.25) is 11.0 Å². The number of benzene rings is 3. The fraction of sp³-hybridized carbons (Fsp3) is 0.160. The Morgan fingerprint density at radius 1 is 1.03 bits per heavy atom. The molecule has 0 unspecified atom stereocenters. The number of aryl methyl sites for hydroxylation is 2. The summed E-state index contributed by atoms with van der Waals surface area (Å²) in [6.07, 6.45) is 0.885. The van der Waals surface area contributed by atoms with Crippen molar-refractivity contribution in [3.63, 3.8) is 0 Å². The number of anilines is 1. The number of hydrogen-bond donors (Lipinski definition) is 2. The Morgan fingerprint density at radius 2 is 1.81 bits per heavy atom. The average Bonchev–Trinajstić information content (AvgIpc) is 3.04. The number of azo groups is 1. The Bertz CT molecular complexity index is 1280. The summed E-state index contributed by atoms with van der Waals surface area (Å²) in [4.78, 5) is 0. The lowest BCUT2D eigenvalue weighted by Crippen LogP contribution is -2.07. The largest absolute Gasteiger partial charge is 0.493 e. The predicted octanol–water partition coefficient (Wildman–Crippen LogP) is 6.75. The molecule has 156 valence electrons. The second-order valence-electron chi connectivity index (χ2n) is 7.41. The predicted molar refractivity (Wildman–Crippen MR) is 130 cm³/mol. The van der Waals surface area contributed by atoms with E-state index in [4.69, 9.17) is 12.2 Å². The molecule has 0 aliphatic rings. The molecule has 4 rings (SSSR count). The number of nitrogens with one attached hydrogen (secondary N) is 1. The van der Waals surface area contributed by atoms with Gasteiger partial charge >= 0.3 is 0 Å². The highest BCUT2D eigenvalue weighted by atomic mass is 32.1. The third-order valence-electron chi connectivity index (χ3n) is 5.22. The highest BCUT2D eigenvalue weighted by Crippen LogP contribution is 2.39. The van der Waals surface area contributed by atoms with Crippen LogP contribution in [0.15, 0.2) is 83.0 Å². The maximum atomic E-state index is 11.0. The molecule has 1 aromatic heterocycles. The number of hydrogen-bond acceptors (Lipinski definition) is 3. The molecule has 0 saturated heterocycles. The van der Waals surface area contributed by atoms with Gasteiger partial charge in [-0.25, -0.2) is 0 Å². The minimum atomic E-state index is 0.0724. The third-order valence-corrected chi connectivity index (χ3v) is 5.41. The zero-order valence-corrected chi connectivity index (χ0v) is 18.4. The van der Waals surface area contributed by atoms with Crippen molar-refractivity contribution in [3.8, 4) is 5.88 Å². The standard InChI is InChI=1S/C25H24N4OS/c1-3-19-11-4-6-13-21(19)26-25(31)28-27-23-20-12-5-7-14-22(20)29(24(23)30)16-18-10-8-9-17(2)15-18/h4-15,30H,3,16H2,1-2H3,(H,26,31). The van der Waals surface area contributed by atoms with Gasteiger partial charge in [0, 0.05) is 11.1 Å². The van der Waals surface area contributed by atoms with Crippen LogP contribution >= 0.6 is 12.2 Å². The molecule has 6 heteroatoms. The molecule has 0 saturated carbocycles. The van der Waals surface area contributed by atoms with Crippen molar-refractivity contribution in [2.75, 3.05) is 5.32 Å². The first-order chi connectivity index (χ1) is 15.1. The molecule has 0 amide bonds. The summed E-state index contributed by atoms with van der Waals surface area (Å²) in [6.45, 7) is 4.68. The lowest BCUT2D eigenvalue weighted by Gasteiger charge is -2.08. The molecule has 0 fully saturated rings. The number of aromatic nitrogens is 1. The Labute approximate surface area is 187 Å². The van der Waals surface area contributed by atoms with Gasteiger partial charge in [-0.3, -0.25) is 0 Å². The van der Waals surface area contributed by atoms with Gasteiger partial charge in [-0.05, 0) is 48.8 Å².